The van der Waals surface area contributed by atoms with Crippen LogP contribution in [0.4, 0.5) is 0 Å². The molecule has 0 radical (unpaired) electrons. The van der Waals surface area contributed by atoms with Gasteiger partial charge in [-0.3, -0.25) is 0 Å². The first kappa shape index (κ1) is 13.5. The lowest BCUT2D eigenvalue weighted by atomic mass is 9.85. The molecule has 0 amide bonds. The zero-order chi connectivity index (χ0) is 15.1. The topological polar surface area (TPSA) is 57.5 Å². The van der Waals surface area contributed by atoms with Crippen LogP contribution in [0.25, 0.3) is 11.6 Å². The standard InChI is InChI=1S/C17H12O3S/c1-9-3-2-4-10(5-9)16(21)14-7-11-6-13(17(19)20)12(11)8-15(14)18/h2-8,18H,1H3,(H,19,20). The first-order chi connectivity index (χ1) is 9.97. The highest BCUT2D eigenvalue weighted by Gasteiger charge is 2.25. The van der Waals surface area contributed by atoms with Gasteiger partial charge in [-0.15, -0.1) is 0 Å². The van der Waals surface area contributed by atoms with Gasteiger partial charge in [0.15, 0.2) is 0 Å². The van der Waals surface area contributed by atoms with Crippen molar-refractivity contribution in [2.75, 3.05) is 0 Å². The molecule has 2 N–H and O–H groups in total. The maximum atomic E-state index is 11.0. The van der Waals surface area contributed by atoms with Gasteiger partial charge in [-0.1, -0.05) is 42.0 Å². The lowest BCUT2D eigenvalue weighted by molar-refractivity contribution is -0.130. The van der Waals surface area contributed by atoms with Crippen molar-refractivity contribution in [1.29, 1.82) is 0 Å². The van der Waals surface area contributed by atoms with Gasteiger partial charge in [-0.2, -0.15) is 0 Å². The lowest BCUT2D eigenvalue weighted by Crippen LogP contribution is -2.10. The number of aryl methyl sites for hydroxylation is 1. The van der Waals surface area contributed by atoms with Crippen molar-refractivity contribution >= 4 is 34.7 Å². The molecular formula is C17H12O3S. The summed E-state index contributed by atoms with van der Waals surface area (Å²) in [5.41, 5.74) is 4.06. The summed E-state index contributed by atoms with van der Waals surface area (Å²) in [6, 6.07) is 11.0. The van der Waals surface area contributed by atoms with Crippen LogP contribution >= 0.6 is 12.2 Å². The highest BCUT2D eigenvalue weighted by Crippen LogP contribution is 2.37. The number of phenols is 1. The molecule has 0 fully saturated rings. The Kier molecular flexibility index (Phi) is 3.11. The largest absolute Gasteiger partial charge is 0.507 e. The van der Waals surface area contributed by atoms with Gasteiger partial charge in [0.1, 0.15) is 5.75 Å². The van der Waals surface area contributed by atoms with Crippen molar-refractivity contribution in [3.63, 3.8) is 0 Å². The number of hydrogen-bond donors (Lipinski definition) is 2. The Labute approximate surface area is 127 Å². The third-order valence-electron chi connectivity index (χ3n) is 3.51. The van der Waals surface area contributed by atoms with Gasteiger partial charge in [0.2, 0.25) is 0 Å². The fourth-order valence-electron chi connectivity index (χ4n) is 2.41. The van der Waals surface area contributed by atoms with Crippen LogP contribution in [-0.4, -0.2) is 21.0 Å². The van der Waals surface area contributed by atoms with Gasteiger partial charge in [0, 0.05) is 5.56 Å². The molecule has 0 atom stereocenters. The predicted molar refractivity (Wildman–Crippen MR) is 85.6 cm³/mol. The first-order valence-electron chi connectivity index (χ1n) is 6.41. The van der Waals surface area contributed by atoms with Crippen LogP contribution in [0.3, 0.4) is 0 Å². The number of aromatic hydroxyl groups is 1. The van der Waals surface area contributed by atoms with Crippen molar-refractivity contribution in [3.05, 3.63) is 64.2 Å². The average Bonchev–Trinajstić information content (AvgIpc) is 2.41. The van der Waals surface area contributed by atoms with E-state index in [1.54, 1.807) is 12.1 Å². The number of carboxylic acids is 1. The van der Waals surface area contributed by atoms with E-state index in [1.807, 2.05) is 31.2 Å². The summed E-state index contributed by atoms with van der Waals surface area (Å²) < 4.78 is 0. The zero-order valence-corrected chi connectivity index (χ0v) is 12.1. The van der Waals surface area contributed by atoms with E-state index in [0.717, 1.165) is 16.7 Å². The van der Waals surface area contributed by atoms with E-state index in [4.69, 9.17) is 17.3 Å². The number of carbonyl (C=O) groups is 1. The van der Waals surface area contributed by atoms with Crippen LogP contribution in [0.1, 0.15) is 27.8 Å². The van der Waals surface area contributed by atoms with Crippen LogP contribution in [0.5, 0.6) is 5.75 Å². The van der Waals surface area contributed by atoms with Gasteiger partial charge in [0.05, 0.1) is 10.4 Å². The third-order valence-corrected chi connectivity index (χ3v) is 3.97. The van der Waals surface area contributed by atoms with Gasteiger partial charge in [-0.05, 0) is 41.8 Å². The third kappa shape index (κ3) is 2.23. The molecule has 0 saturated heterocycles. The van der Waals surface area contributed by atoms with Crippen molar-refractivity contribution in [2.24, 2.45) is 0 Å². The minimum Gasteiger partial charge on any atom is -0.507 e. The summed E-state index contributed by atoms with van der Waals surface area (Å²) >= 11 is 5.45. The number of thiocarbonyl (C=S) groups is 1. The van der Waals surface area contributed by atoms with E-state index in [9.17, 15) is 9.90 Å². The molecular weight excluding hydrogens is 284 g/mol. The Bertz CT molecular complexity index is 819. The molecule has 4 heteroatoms. The Morgan fingerprint density at radius 3 is 2.62 bits per heavy atom. The molecule has 3 rings (SSSR count). The highest BCUT2D eigenvalue weighted by molar-refractivity contribution is 7.81. The molecule has 1 aliphatic rings. The molecule has 21 heavy (non-hydrogen) atoms. The predicted octanol–water partition coefficient (Wildman–Crippen LogP) is 3.41. The summed E-state index contributed by atoms with van der Waals surface area (Å²) in [5, 5.41) is 19.1. The van der Waals surface area contributed by atoms with E-state index in [1.165, 1.54) is 6.07 Å². The first-order valence-corrected chi connectivity index (χ1v) is 6.82. The summed E-state index contributed by atoms with van der Waals surface area (Å²) in [6.07, 6.45) is 1.58. The quantitative estimate of drug-likeness (QED) is 0.673. The van der Waals surface area contributed by atoms with Gasteiger partial charge >= 0.3 is 5.97 Å². The van der Waals surface area contributed by atoms with Crippen LogP contribution in [0, 0.1) is 6.92 Å². The van der Waals surface area contributed by atoms with Crippen LogP contribution in [0.15, 0.2) is 36.4 Å². The molecule has 0 unspecified atom stereocenters. The van der Waals surface area contributed by atoms with Gasteiger partial charge < -0.3 is 10.2 Å². The fraction of sp³-hybridized carbons (Fsp3) is 0.0588. The summed E-state index contributed by atoms with van der Waals surface area (Å²) in [7, 11) is 0. The van der Waals surface area contributed by atoms with E-state index in [2.05, 4.69) is 0 Å². The van der Waals surface area contributed by atoms with E-state index < -0.39 is 5.97 Å². The molecule has 0 saturated carbocycles. The van der Waals surface area contributed by atoms with Crippen LogP contribution in [-0.2, 0) is 4.79 Å². The summed E-state index contributed by atoms with van der Waals surface area (Å²) in [5.74, 6) is -0.983. The lowest BCUT2D eigenvalue weighted by Gasteiger charge is -2.19. The number of hydrogen-bond acceptors (Lipinski definition) is 3. The molecule has 0 aromatic heterocycles. The van der Waals surface area contributed by atoms with Crippen molar-refractivity contribution < 1.29 is 15.0 Å². The van der Waals surface area contributed by atoms with E-state index in [0.29, 0.717) is 16.0 Å². The second-order valence-electron chi connectivity index (χ2n) is 5.02. The Balaban J connectivity index is 2.02. The van der Waals surface area contributed by atoms with Gasteiger partial charge in [-0.25, -0.2) is 4.79 Å². The molecule has 0 heterocycles. The second kappa shape index (κ2) is 4.82. The summed E-state index contributed by atoms with van der Waals surface area (Å²) in [4.78, 5) is 11.5. The number of rotatable bonds is 3. The summed E-state index contributed by atoms with van der Waals surface area (Å²) in [6.45, 7) is 1.98. The Hall–Kier alpha value is -2.46. The molecule has 0 bridgehead atoms. The number of benzene rings is 2. The van der Waals surface area contributed by atoms with Gasteiger partial charge in [0.25, 0.3) is 0 Å². The van der Waals surface area contributed by atoms with Crippen molar-refractivity contribution in [2.45, 2.75) is 6.92 Å². The molecule has 0 aliphatic heterocycles. The SMILES string of the molecule is Cc1cccc(C(=S)c2cc3c(cc2O)C(C(=O)O)=C3)c1. The Morgan fingerprint density at radius 2 is 1.95 bits per heavy atom. The fourth-order valence-corrected chi connectivity index (χ4v) is 2.70. The molecule has 104 valence electrons. The molecule has 1 aliphatic carbocycles. The number of aliphatic carboxylic acids is 1. The maximum absolute atomic E-state index is 11.0. The zero-order valence-electron chi connectivity index (χ0n) is 11.3. The maximum Gasteiger partial charge on any atom is 0.336 e. The number of phenolic OH excluding ortho intramolecular Hbond substituents is 1. The molecule has 3 nitrogen and oxygen atoms in total. The number of carboxylic acid groups (broad SMARTS) is 1. The van der Waals surface area contributed by atoms with Crippen LogP contribution in [0.2, 0.25) is 0 Å². The molecule has 2 aromatic carbocycles. The van der Waals surface area contributed by atoms with Crippen LogP contribution < -0.4 is 0 Å². The van der Waals surface area contributed by atoms with E-state index >= 15 is 0 Å². The Morgan fingerprint density at radius 1 is 1.19 bits per heavy atom. The molecule has 0 spiro atoms. The average molecular weight is 296 g/mol. The van der Waals surface area contributed by atoms with Crippen molar-refractivity contribution in [1.82, 2.24) is 0 Å². The van der Waals surface area contributed by atoms with E-state index in [-0.39, 0.29) is 11.3 Å². The highest BCUT2D eigenvalue weighted by atomic mass is 32.1. The van der Waals surface area contributed by atoms with Crippen molar-refractivity contribution in [3.8, 4) is 5.75 Å². The minimum absolute atomic E-state index is 0.00658. The smallest absolute Gasteiger partial charge is 0.336 e. The normalized spacial score (nSPS) is 12.1. The monoisotopic (exact) mass is 296 g/mol. The second-order valence-corrected chi connectivity index (χ2v) is 5.43. The number of fused-ring (bicyclic) bond motifs is 1. The molecule has 2 aromatic rings. The minimum atomic E-state index is -0.990.